The number of nitrogens with zero attached hydrogens (tertiary/aromatic N) is 1. The van der Waals surface area contributed by atoms with Crippen molar-refractivity contribution in [1.82, 2.24) is 10.3 Å². The molecule has 0 aliphatic rings. The maximum absolute atomic E-state index is 13.0. The van der Waals surface area contributed by atoms with E-state index in [0.717, 1.165) is 12.0 Å². The SMILES string of the molecule is Cc1ccc(-c2ocnc2C(=O)NCC(F)(F)CN)cc1.Cl.Cl. The van der Waals surface area contributed by atoms with Gasteiger partial charge in [0.05, 0.1) is 13.1 Å². The molecule has 1 heterocycles. The second-order valence-electron chi connectivity index (χ2n) is 4.64. The standard InChI is InChI=1S/C14H15F2N3O2.2ClH/c1-9-2-4-10(5-3-9)12-11(19-8-21-12)13(20)18-7-14(15,16)6-17;;/h2-5,8H,6-7,17H2,1H3,(H,18,20);2*1H. The van der Waals surface area contributed by atoms with Crippen LogP contribution in [-0.2, 0) is 0 Å². The van der Waals surface area contributed by atoms with Crippen molar-refractivity contribution in [2.75, 3.05) is 13.1 Å². The average Bonchev–Trinajstić information content (AvgIpc) is 2.95. The Labute approximate surface area is 144 Å². The Bertz CT molecular complexity index is 633. The van der Waals surface area contributed by atoms with Crippen molar-refractivity contribution in [3.8, 4) is 11.3 Å². The molecule has 128 valence electrons. The van der Waals surface area contributed by atoms with E-state index in [4.69, 9.17) is 10.2 Å². The van der Waals surface area contributed by atoms with Crippen molar-refractivity contribution in [2.24, 2.45) is 5.73 Å². The fourth-order valence-corrected chi connectivity index (χ4v) is 1.68. The molecule has 23 heavy (non-hydrogen) atoms. The number of hydrogen-bond donors (Lipinski definition) is 2. The predicted molar refractivity (Wildman–Crippen MR) is 87.5 cm³/mol. The number of hydrogen-bond acceptors (Lipinski definition) is 4. The number of aryl methyl sites for hydroxylation is 1. The van der Waals surface area contributed by atoms with Gasteiger partial charge in [0.25, 0.3) is 11.8 Å². The minimum Gasteiger partial charge on any atom is -0.443 e. The lowest BCUT2D eigenvalue weighted by atomic mass is 10.1. The molecule has 5 nitrogen and oxygen atoms in total. The number of alkyl halides is 2. The summed E-state index contributed by atoms with van der Waals surface area (Å²) in [5.74, 6) is -3.64. The van der Waals surface area contributed by atoms with Crippen LogP contribution in [0.2, 0.25) is 0 Å². The third-order valence-electron chi connectivity index (χ3n) is 2.90. The largest absolute Gasteiger partial charge is 0.443 e. The summed E-state index contributed by atoms with van der Waals surface area (Å²) >= 11 is 0. The van der Waals surface area contributed by atoms with Gasteiger partial charge in [0.1, 0.15) is 0 Å². The highest BCUT2D eigenvalue weighted by molar-refractivity contribution is 5.97. The van der Waals surface area contributed by atoms with E-state index in [-0.39, 0.29) is 36.3 Å². The summed E-state index contributed by atoms with van der Waals surface area (Å²) in [6.07, 6.45) is 1.10. The second kappa shape index (κ2) is 8.81. The molecule has 0 aliphatic carbocycles. The Morgan fingerprint density at radius 2 is 1.91 bits per heavy atom. The van der Waals surface area contributed by atoms with Gasteiger partial charge in [-0.3, -0.25) is 4.79 Å². The Hall–Kier alpha value is -1.70. The van der Waals surface area contributed by atoms with Gasteiger partial charge in [-0.1, -0.05) is 29.8 Å². The maximum Gasteiger partial charge on any atom is 0.277 e. The summed E-state index contributed by atoms with van der Waals surface area (Å²) in [4.78, 5) is 15.7. The van der Waals surface area contributed by atoms with Crippen LogP contribution in [0.5, 0.6) is 0 Å². The van der Waals surface area contributed by atoms with Crippen molar-refractivity contribution in [3.05, 3.63) is 41.9 Å². The van der Waals surface area contributed by atoms with Gasteiger partial charge in [-0.15, -0.1) is 24.8 Å². The van der Waals surface area contributed by atoms with Gasteiger partial charge in [0, 0.05) is 5.56 Å². The zero-order valence-electron chi connectivity index (χ0n) is 12.2. The summed E-state index contributed by atoms with van der Waals surface area (Å²) in [5, 5.41) is 2.11. The zero-order chi connectivity index (χ0) is 15.5. The lowest BCUT2D eigenvalue weighted by molar-refractivity contribution is 0.0118. The van der Waals surface area contributed by atoms with Crippen LogP contribution in [0.4, 0.5) is 8.78 Å². The Morgan fingerprint density at radius 3 is 2.48 bits per heavy atom. The van der Waals surface area contributed by atoms with E-state index in [2.05, 4.69) is 10.3 Å². The Balaban J connectivity index is 0.00000242. The molecule has 1 amide bonds. The highest BCUT2D eigenvalue weighted by atomic mass is 35.5. The lowest BCUT2D eigenvalue weighted by Gasteiger charge is -2.14. The van der Waals surface area contributed by atoms with Gasteiger partial charge in [-0.05, 0) is 6.92 Å². The molecule has 2 rings (SSSR count). The van der Waals surface area contributed by atoms with E-state index in [9.17, 15) is 13.6 Å². The van der Waals surface area contributed by atoms with Crippen LogP contribution < -0.4 is 11.1 Å². The quantitative estimate of drug-likeness (QED) is 0.851. The number of nitrogens with two attached hydrogens (primary N) is 1. The summed E-state index contributed by atoms with van der Waals surface area (Å²) in [5.41, 5.74) is 6.57. The molecule has 0 fully saturated rings. The molecule has 0 saturated carbocycles. The van der Waals surface area contributed by atoms with Crippen LogP contribution in [0, 0.1) is 6.92 Å². The summed E-state index contributed by atoms with van der Waals surface area (Å²) in [6, 6.07) is 7.23. The van der Waals surface area contributed by atoms with Gasteiger partial charge in [-0.2, -0.15) is 0 Å². The number of nitrogens with one attached hydrogen (secondary N) is 1. The van der Waals surface area contributed by atoms with E-state index < -0.39 is 24.9 Å². The molecule has 9 heteroatoms. The van der Waals surface area contributed by atoms with Gasteiger partial charge in [-0.25, -0.2) is 13.8 Å². The monoisotopic (exact) mass is 367 g/mol. The molecule has 0 aliphatic heterocycles. The first-order chi connectivity index (χ1) is 9.93. The van der Waals surface area contributed by atoms with Gasteiger partial charge >= 0.3 is 0 Å². The third-order valence-corrected chi connectivity index (χ3v) is 2.90. The first kappa shape index (κ1) is 21.3. The molecular weight excluding hydrogens is 351 g/mol. The molecule has 1 aromatic heterocycles. The maximum atomic E-state index is 13.0. The number of carbonyl (C=O) groups is 1. The minimum atomic E-state index is -3.15. The molecule has 0 spiro atoms. The van der Waals surface area contributed by atoms with Gasteiger partial charge < -0.3 is 15.5 Å². The van der Waals surface area contributed by atoms with Crippen LogP contribution in [0.1, 0.15) is 16.1 Å². The first-order valence-corrected chi connectivity index (χ1v) is 6.29. The molecule has 2 aromatic rings. The number of benzene rings is 1. The topological polar surface area (TPSA) is 81.2 Å². The van der Waals surface area contributed by atoms with E-state index in [1.165, 1.54) is 0 Å². The fraction of sp³-hybridized carbons (Fsp3) is 0.286. The van der Waals surface area contributed by atoms with Crippen molar-refractivity contribution in [1.29, 1.82) is 0 Å². The summed E-state index contributed by atoms with van der Waals surface area (Å²) in [6.45, 7) is 0.242. The van der Waals surface area contributed by atoms with Crippen LogP contribution in [0.3, 0.4) is 0 Å². The van der Waals surface area contributed by atoms with Crippen molar-refractivity contribution in [2.45, 2.75) is 12.8 Å². The van der Waals surface area contributed by atoms with Crippen LogP contribution >= 0.6 is 24.8 Å². The lowest BCUT2D eigenvalue weighted by Crippen LogP contribution is -2.41. The van der Waals surface area contributed by atoms with Crippen molar-refractivity contribution in [3.63, 3.8) is 0 Å². The number of oxazole rings is 1. The highest BCUT2D eigenvalue weighted by Crippen LogP contribution is 2.23. The smallest absolute Gasteiger partial charge is 0.277 e. The van der Waals surface area contributed by atoms with Crippen molar-refractivity contribution < 1.29 is 18.0 Å². The minimum absolute atomic E-state index is 0. The fourth-order valence-electron chi connectivity index (χ4n) is 1.68. The van der Waals surface area contributed by atoms with Gasteiger partial charge in [0.2, 0.25) is 0 Å². The van der Waals surface area contributed by atoms with E-state index >= 15 is 0 Å². The third kappa shape index (κ3) is 5.46. The second-order valence-corrected chi connectivity index (χ2v) is 4.64. The van der Waals surface area contributed by atoms with Crippen LogP contribution in [0.25, 0.3) is 11.3 Å². The normalized spacial score (nSPS) is 10.4. The Kier molecular flexibility index (Phi) is 8.16. The molecular formula is C14H17Cl2F2N3O2. The number of aromatic nitrogens is 1. The van der Waals surface area contributed by atoms with E-state index in [1.54, 1.807) is 12.1 Å². The molecule has 1 aromatic carbocycles. The number of carbonyl (C=O) groups excluding carboxylic acids is 1. The molecule has 0 bridgehead atoms. The predicted octanol–water partition coefficient (Wildman–Crippen LogP) is 2.82. The van der Waals surface area contributed by atoms with Crippen LogP contribution in [0.15, 0.2) is 35.1 Å². The Morgan fingerprint density at radius 1 is 1.30 bits per heavy atom. The van der Waals surface area contributed by atoms with Crippen LogP contribution in [-0.4, -0.2) is 29.9 Å². The van der Waals surface area contributed by atoms with E-state index in [1.807, 2.05) is 19.1 Å². The zero-order valence-corrected chi connectivity index (χ0v) is 13.8. The number of halogens is 4. The molecule has 0 saturated heterocycles. The summed E-state index contributed by atoms with van der Waals surface area (Å²) < 4.78 is 31.3. The first-order valence-electron chi connectivity index (χ1n) is 6.29. The molecule has 0 radical (unpaired) electrons. The van der Waals surface area contributed by atoms with Gasteiger partial charge in [0.15, 0.2) is 17.8 Å². The van der Waals surface area contributed by atoms with E-state index in [0.29, 0.717) is 5.56 Å². The molecule has 0 atom stereocenters. The molecule has 3 N–H and O–H groups in total. The highest BCUT2D eigenvalue weighted by Gasteiger charge is 2.28. The summed E-state index contributed by atoms with van der Waals surface area (Å²) in [7, 11) is 0. The number of amides is 1. The molecule has 0 unspecified atom stereocenters. The van der Waals surface area contributed by atoms with Crippen molar-refractivity contribution >= 4 is 30.7 Å². The number of rotatable bonds is 5. The average molecular weight is 368 g/mol.